The molecular weight excluding hydrogens is 501 g/mol. The van der Waals surface area contributed by atoms with E-state index in [1.54, 1.807) is 41.2 Å². The normalized spacial score (nSPS) is 16.7. The van der Waals surface area contributed by atoms with E-state index in [-0.39, 0.29) is 24.4 Å². The number of benzene rings is 1. The first-order valence-electron chi connectivity index (χ1n) is 10.7. The molecule has 1 aromatic carbocycles. The summed E-state index contributed by atoms with van der Waals surface area (Å²) in [6, 6.07) is 7.19. The molecule has 2 aromatic heterocycles. The van der Waals surface area contributed by atoms with E-state index in [2.05, 4.69) is 9.71 Å². The molecule has 0 aliphatic carbocycles. The highest BCUT2D eigenvalue weighted by Gasteiger charge is 2.36. The lowest BCUT2D eigenvalue weighted by Gasteiger charge is -2.19. The highest BCUT2D eigenvalue weighted by atomic mass is 35.5. The minimum Gasteiger partial charge on any atom is -0.308 e. The molecular formula is C22H25ClFN5O3S2. The number of anilines is 1. The maximum atomic E-state index is 15.1. The lowest BCUT2D eigenvalue weighted by molar-refractivity contribution is -0.118. The van der Waals surface area contributed by atoms with E-state index < -0.39 is 27.8 Å². The first-order valence-corrected chi connectivity index (χ1v) is 13.5. The van der Waals surface area contributed by atoms with E-state index in [9.17, 15) is 13.2 Å². The van der Waals surface area contributed by atoms with Crippen molar-refractivity contribution in [1.82, 2.24) is 19.2 Å². The second-order valence-electron chi connectivity index (χ2n) is 8.31. The number of carbonyl (C=O) groups is 1. The summed E-state index contributed by atoms with van der Waals surface area (Å²) >= 11 is 7.21. The number of carbonyl (C=O) groups excluding carboxylic acids is 1. The number of nitrogens with zero attached hydrogens (tertiary/aromatic N) is 4. The van der Waals surface area contributed by atoms with Crippen molar-refractivity contribution >= 4 is 44.6 Å². The third kappa shape index (κ3) is 5.66. The molecule has 1 saturated heterocycles. The van der Waals surface area contributed by atoms with Crippen LogP contribution in [0.3, 0.4) is 0 Å². The van der Waals surface area contributed by atoms with E-state index in [1.165, 1.54) is 22.3 Å². The Balaban J connectivity index is 1.43. The van der Waals surface area contributed by atoms with Crippen LogP contribution in [0, 0.1) is 5.82 Å². The maximum Gasteiger partial charge on any atom is 0.245 e. The zero-order valence-corrected chi connectivity index (χ0v) is 21.1. The molecule has 3 aromatic rings. The van der Waals surface area contributed by atoms with Gasteiger partial charge in [-0.05, 0) is 51.2 Å². The van der Waals surface area contributed by atoms with Gasteiger partial charge in [0.2, 0.25) is 15.9 Å². The number of aromatic nitrogens is 2. The molecule has 182 valence electrons. The molecule has 8 nitrogen and oxygen atoms in total. The average Bonchev–Trinajstić information content (AvgIpc) is 3.48. The van der Waals surface area contributed by atoms with Crippen molar-refractivity contribution in [1.29, 1.82) is 0 Å². The van der Waals surface area contributed by atoms with E-state index in [1.807, 2.05) is 19.0 Å². The number of sulfonamides is 1. The summed E-state index contributed by atoms with van der Waals surface area (Å²) in [5.41, 5.74) is 0.714. The van der Waals surface area contributed by atoms with Crippen molar-refractivity contribution in [2.45, 2.75) is 25.4 Å². The summed E-state index contributed by atoms with van der Waals surface area (Å²) in [4.78, 5) is 21.3. The third-order valence-electron chi connectivity index (χ3n) is 5.45. The van der Waals surface area contributed by atoms with Gasteiger partial charge in [0, 0.05) is 35.6 Å². The fourth-order valence-corrected chi connectivity index (χ4v) is 6.33. The minimum absolute atomic E-state index is 0.123. The van der Waals surface area contributed by atoms with Crippen molar-refractivity contribution in [3.63, 3.8) is 0 Å². The number of hydrogen-bond donors (Lipinski definition) is 1. The van der Waals surface area contributed by atoms with Crippen LogP contribution in [-0.4, -0.2) is 61.2 Å². The van der Waals surface area contributed by atoms with Gasteiger partial charge in [-0.2, -0.15) is 0 Å². The second-order valence-corrected chi connectivity index (χ2v) is 12.0. The predicted molar refractivity (Wildman–Crippen MR) is 132 cm³/mol. The zero-order chi connectivity index (χ0) is 24.5. The van der Waals surface area contributed by atoms with Crippen molar-refractivity contribution in [3.8, 4) is 5.69 Å². The summed E-state index contributed by atoms with van der Waals surface area (Å²) in [7, 11) is 0.146. The highest BCUT2D eigenvalue weighted by Crippen LogP contribution is 2.28. The fraction of sp³-hybridized carbons (Fsp3) is 0.364. The molecule has 0 bridgehead atoms. The van der Waals surface area contributed by atoms with E-state index in [0.29, 0.717) is 23.0 Å². The molecule has 3 heterocycles. The third-order valence-corrected chi connectivity index (χ3v) is 8.12. The lowest BCUT2D eigenvalue weighted by atomic mass is 10.2. The molecule has 0 saturated carbocycles. The van der Waals surface area contributed by atoms with Crippen LogP contribution in [0.4, 0.5) is 10.1 Å². The van der Waals surface area contributed by atoms with E-state index >= 15 is 4.39 Å². The van der Waals surface area contributed by atoms with Crippen LogP contribution < -0.4 is 9.62 Å². The standard InChI is InChI=1S/C22H25ClFN5O3S2/c1-27(2)14-21-25-9-11-28(21)15-3-5-19(17(24)13-15)29-10-7-18(22(29)30)26-34(31,32)12-8-16-4-6-20(23)33-16/h3-6,9,11,13,18,26H,7-8,10,12,14H2,1-2H3/t18-/m0/s1. The van der Waals surface area contributed by atoms with E-state index in [0.717, 1.165) is 10.7 Å². The van der Waals surface area contributed by atoms with Gasteiger partial charge in [-0.1, -0.05) is 11.6 Å². The van der Waals surface area contributed by atoms with Crippen LogP contribution in [-0.2, 0) is 27.8 Å². The van der Waals surface area contributed by atoms with Crippen molar-refractivity contribution in [3.05, 3.63) is 63.6 Å². The minimum atomic E-state index is -3.70. The summed E-state index contributed by atoms with van der Waals surface area (Å²) < 4.78 is 44.9. The monoisotopic (exact) mass is 525 g/mol. The van der Waals surface area contributed by atoms with Crippen molar-refractivity contribution in [2.75, 3.05) is 31.3 Å². The summed E-state index contributed by atoms with van der Waals surface area (Å²) in [5.74, 6) is -0.427. The van der Waals surface area contributed by atoms with Crippen LogP contribution >= 0.6 is 22.9 Å². The SMILES string of the molecule is CN(C)Cc1nccn1-c1ccc(N2CC[C@H](NS(=O)(=O)CCc3ccc(Cl)s3)C2=O)c(F)c1. The lowest BCUT2D eigenvalue weighted by Crippen LogP contribution is -2.42. The average molecular weight is 526 g/mol. The van der Waals surface area contributed by atoms with Gasteiger partial charge < -0.3 is 14.4 Å². The topological polar surface area (TPSA) is 87.5 Å². The quantitative estimate of drug-likeness (QED) is 0.464. The van der Waals surface area contributed by atoms with Gasteiger partial charge in [0.15, 0.2) is 0 Å². The van der Waals surface area contributed by atoms with E-state index in [4.69, 9.17) is 11.6 Å². The number of imidazole rings is 1. The van der Waals surface area contributed by atoms with Gasteiger partial charge in [-0.3, -0.25) is 4.79 Å². The molecule has 1 aliphatic heterocycles. The molecule has 0 radical (unpaired) electrons. The Bertz CT molecular complexity index is 1290. The van der Waals surface area contributed by atoms with Crippen molar-refractivity contribution in [2.24, 2.45) is 0 Å². The largest absolute Gasteiger partial charge is 0.308 e. The maximum absolute atomic E-state index is 15.1. The van der Waals surface area contributed by atoms with Crippen LogP contribution in [0.5, 0.6) is 0 Å². The molecule has 0 spiro atoms. The van der Waals surface area contributed by atoms with Crippen molar-refractivity contribution < 1.29 is 17.6 Å². The van der Waals surface area contributed by atoms with Gasteiger partial charge in [0.25, 0.3) is 0 Å². The molecule has 4 rings (SSSR count). The Morgan fingerprint density at radius 1 is 1.29 bits per heavy atom. The first kappa shape index (κ1) is 24.8. The Morgan fingerprint density at radius 2 is 2.09 bits per heavy atom. The first-order chi connectivity index (χ1) is 16.1. The Kier molecular flexibility index (Phi) is 7.39. The smallest absolute Gasteiger partial charge is 0.245 e. The highest BCUT2D eigenvalue weighted by molar-refractivity contribution is 7.89. The Labute approximate surface area is 207 Å². The molecule has 1 fully saturated rings. The van der Waals surface area contributed by atoms with Crippen LogP contribution in [0.1, 0.15) is 17.1 Å². The predicted octanol–water partition coefficient (Wildman–Crippen LogP) is 3.06. The number of rotatable bonds is 9. The van der Waals surface area contributed by atoms with Crippen LogP contribution in [0.15, 0.2) is 42.7 Å². The molecule has 34 heavy (non-hydrogen) atoms. The molecule has 1 atom stereocenters. The fourth-order valence-electron chi connectivity index (χ4n) is 3.86. The summed E-state index contributed by atoms with van der Waals surface area (Å²) in [6.07, 6.45) is 3.97. The van der Waals surface area contributed by atoms with Gasteiger partial charge in [-0.15, -0.1) is 11.3 Å². The molecule has 1 amide bonds. The Morgan fingerprint density at radius 3 is 2.76 bits per heavy atom. The van der Waals surface area contributed by atoms with Gasteiger partial charge in [0.1, 0.15) is 17.7 Å². The summed E-state index contributed by atoms with van der Waals surface area (Å²) in [5, 5.41) is 0. The van der Waals surface area contributed by atoms with Gasteiger partial charge in [-0.25, -0.2) is 22.5 Å². The number of aryl methyl sites for hydroxylation is 1. The van der Waals surface area contributed by atoms with Crippen LogP contribution in [0.25, 0.3) is 5.69 Å². The molecule has 12 heteroatoms. The number of halogens is 2. The summed E-state index contributed by atoms with van der Waals surface area (Å²) in [6.45, 7) is 0.808. The van der Waals surface area contributed by atoms with Gasteiger partial charge >= 0.3 is 0 Å². The molecule has 1 aliphatic rings. The zero-order valence-electron chi connectivity index (χ0n) is 18.7. The number of nitrogens with one attached hydrogen (secondary N) is 1. The Hall–Kier alpha value is -2.31. The number of thiophene rings is 1. The second kappa shape index (κ2) is 10.1. The molecule has 0 unspecified atom stereocenters. The number of amides is 1. The van der Waals surface area contributed by atoms with Gasteiger partial charge in [0.05, 0.1) is 22.3 Å². The van der Waals surface area contributed by atoms with Crippen LogP contribution in [0.2, 0.25) is 4.34 Å². The number of hydrogen-bond acceptors (Lipinski definition) is 6. The molecule has 1 N–H and O–H groups in total.